The number of hydrogen-bond acceptors (Lipinski definition) is 4. The molecule has 0 saturated carbocycles. The molecule has 0 radical (unpaired) electrons. The second kappa shape index (κ2) is 4.13. The average molecular weight is 226 g/mol. The molecule has 1 aliphatic rings. The van der Waals surface area contributed by atoms with Crippen molar-refractivity contribution in [3.8, 4) is 0 Å². The van der Waals surface area contributed by atoms with E-state index in [-0.39, 0.29) is 0 Å². The standard InChI is InChI=1S/C13H14N4/c14-13-16-8-10-5-4-9(7-12(10)17-13)11-3-1-2-6-15-11/h1-3,6,8-9H,4-5,7H2,(H2,14,16,17). The molecule has 4 nitrogen and oxygen atoms in total. The Morgan fingerprint density at radius 1 is 1.24 bits per heavy atom. The van der Waals surface area contributed by atoms with Crippen LogP contribution in [-0.2, 0) is 12.8 Å². The molecule has 3 rings (SSSR count). The van der Waals surface area contributed by atoms with Gasteiger partial charge >= 0.3 is 0 Å². The zero-order valence-corrected chi connectivity index (χ0v) is 9.50. The molecule has 2 N–H and O–H groups in total. The van der Waals surface area contributed by atoms with Crippen molar-refractivity contribution in [1.29, 1.82) is 0 Å². The molecule has 0 fully saturated rings. The fraction of sp³-hybridized carbons (Fsp3) is 0.308. The molecule has 17 heavy (non-hydrogen) atoms. The van der Waals surface area contributed by atoms with E-state index in [1.165, 1.54) is 5.56 Å². The number of hydrogen-bond donors (Lipinski definition) is 1. The van der Waals surface area contributed by atoms with Gasteiger partial charge in [-0.1, -0.05) is 6.07 Å². The van der Waals surface area contributed by atoms with Gasteiger partial charge in [0.05, 0.1) is 0 Å². The summed E-state index contributed by atoms with van der Waals surface area (Å²) in [7, 11) is 0. The lowest BCUT2D eigenvalue weighted by Gasteiger charge is -2.22. The van der Waals surface area contributed by atoms with Crippen molar-refractivity contribution in [2.75, 3.05) is 5.73 Å². The first-order valence-corrected chi connectivity index (χ1v) is 5.84. The van der Waals surface area contributed by atoms with Crippen LogP contribution in [-0.4, -0.2) is 15.0 Å². The van der Waals surface area contributed by atoms with Gasteiger partial charge in [0.2, 0.25) is 5.95 Å². The molecular formula is C13H14N4. The van der Waals surface area contributed by atoms with Crippen LogP contribution in [0.1, 0.15) is 29.3 Å². The van der Waals surface area contributed by atoms with Crippen molar-refractivity contribution in [3.05, 3.63) is 47.5 Å². The summed E-state index contributed by atoms with van der Waals surface area (Å²) in [5.74, 6) is 0.823. The summed E-state index contributed by atoms with van der Waals surface area (Å²) < 4.78 is 0. The Morgan fingerprint density at radius 3 is 3.00 bits per heavy atom. The molecule has 2 aromatic rings. The van der Waals surface area contributed by atoms with E-state index in [0.717, 1.165) is 30.7 Å². The number of nitrogens with two attached hydrogens (primary N) is 1. The molecule has 2 aromatic heterocycles. The lowest BCUT2D eigenvalue weighted by molar-refractivity contribution is 0.558. The number of aromatic nitrogens is 3. The zero-order chi connectivity index (χ0) is 11.7. The molecule has 0 spiro atoms. The van der Waals surface area contributed by atoms with Crippen LogP contribution in [0.3, 0.4) is 0 Å². The van der Waals surface area contributed by atoms with Crippen LogP contribution in [0.4, 0.5) is 5.95 Å². The first-order chi connectivity index (χ1) is 8.33. The number of pyridine rings is 1. The van der Waals surface area contributed by atoms with Gasteiger partial charge in [-0.3, -0.25) is 4.98 Å². The quantitative estimate of drug-likeness (QED) is 0.804. The van der Waals surface area contributed by atoms with Crippen molar-refractivity contribution in [2.24, 2.45) is 0 Å². The summed E-state index contributed by atoms with van der Waals surface area (Å²) in [6.45, 7) is 0. The molecule has 0 amide bonds. The average Bonchev–Trinajstić information content (AvgIpc) is 2.39. The minimum atomic E-state index is 0.366. The van der Waals surface area contributed by atoms with Crippen LogP contribution < -0.4 is 5.73 Å². The van der Waals surface area contributed by atoms with Gasteiger partial charge in [0.15, 0.2) is 0 Å². The second-order valence-electron chi connectivity index (χ2n) is 4.39. The molecule has 86 valence electrons. The van der Waals surface area contributed by atoms with E-state index in [1.807, 2.05) is 24.5 Å². The predicted octanol–water partition coefficient (Wildman–Crippen LogP) is 1.73. The van der Waals surface area contributed by atoms with E-state index < -0.39 is 0 Å². The summed E-state index contributed by atoms with van der Waals surface area (Å²) in [6, 6.07) is 6.06. The van der Waals surface area contributed by atoms with Crippen molar-refractivity contribution in [2.45, 2.75) is 25.2 Å². The molecule has 2 heterocycles. The van der Waals surface area contributed by atoms with Gasteiger partial charge in [-0.15, -0.1) is 0 Å². The molecule has 1 atom stereocenters. The highest BCUT2D eigenvalue weighted by atomic mass is 15.0. The molecule has 4 heteroatoms. The third-order valence-corrected chi connectivity index (χ3v) is 3.28. The fourth-order valence-electron chi connectivity index (χ4n) is 2.38. The Hall–Kier alpha value is -1.97. The third kappa shape index (κ3) is 1.98. The van der Waals surface area contributed by atoms with Gasteiger partial charge < -0.3 is 5.73 Å². The highest BCUT2D eigenvalue weighted by molar-refractivity contribution is 5.30. The zero-order valence-electron chi connectivity index (χ0n) is 9.50. The van der Waals surface area contributed by atoms with E-state index in [4.69, 9.17) is 5.73 Å². The van der Waals surface area contributed by atoms with Crippen LogP contribution in [0.2, 0.25) is 0 Å². The summed E-state index contributed by atoms with van der Waals surface area (Å²) in [4.78, 5) is 12.8. The molecular weight excluding hydrogens is 212 g/mol. The van der Waals surface area contributed by atoms with E-state index in [0.29, 0.717) is 11.9 Å². The van der Waals surface area contributed by atoms with Gasteiger partial charge in [-0.05, 0) is 37.0 Å². The summed E-state index contributed by atoms with van der Waals surface area (Å²) in [5, 5.41) is 0. The van der Waals surface area contributed by atoms with Gasteiger partial charge in [0.25, 0.3) is 0 Å². The number of fused-ring (bicyclic) bond motifs is 1. The Kier molecular flexibility index (Phi) is 2.48. The molecule has 1 aliphatic carbocycles. The highest BCUT2D eigenvalue weighted by Gasteiger charge is 2.22. The lowest BCUT2D eigenvalue weighted by Crippen LogP contribution is -2.16. The van der Waals surface area contributed by atoms with Crippen molar-refractivity contribution >= 4 is 5.95 Å². The maximum Gasteiger partial charge on any atom is 0.220 e. The topological polar surface area (TPSA) is 64.7 Å². The van der Waals surface area contributed by atoms with Crippen LogP contribution in [0.15, 0.2) is 30.6 Å². The number of nitrogen functional groups attached to an aromatic ring is 1. The fourth-order valence-corrected chi connectivity index (χ4v) is 2.38. The number of nitrogens with zero attached hydrogens (tertiary/aromatic N) is 3. The maximum absolute atomic E-state index is 5.63. The SMILES string of the molecule is Nc1ncc2c(n1)CC(c1ccccn1)CC2. The Bertz CT molecular complexity index is 524. The first kappa shape index (κ1) is 10.2. The van der Waals surface area contributed by atoms with Gasteiger partial charge in [0, 0.05) is 29.7 Å². The first-order valence-electron chi connectivity index (χ1n) is 5.84. The molecule has 0 saturated heterocycles. The lowest BCUT2D eigenvalue weighted by atomic mass is 9.85. The van der Waals surface area contributed by atoms with E-state index in [1.54, 1.807) is 0 Å². The normalized spacial score (nSPS) is 18.7. The Balaban J connectivity index is 1.90. The number of anilines is 1. The van der Waals surface area contributed by atoms with Crippen molar-refractivity contribution in [3.63, 3.8) is 0 Å². The van der Waals surface area contributed by atoms with Crippen molar-refractivity contribution in [1.82, 2.24) is 15.0 Å². The van der Waals surface area contributed by atoms with Crippen LogP contribution in [0.5, 0.6) is 0 Å². The molecule has 0 aromatic carbocycles. The number of aryl methyl sites for hydroxylation is 1. The van der Waals surface area contributed by atoms with E-state index in [9.17, 15) is 0 Å². The van der Waals surface area contributed by atoms with Crippen LogP contribution >= 0.6 is 0 Å². The number of rotatable bonds is 1. The highest BCUT2D eigenvalue weighted by Crippen LogP contribution is 2.30. The Morgan fingerprint density at radius 2 is 2.18 bits per heavy atom. The summed E-state index contributed by atoms with van der Waals surface area (Å²) in [5.41, 5.74) is 9.09. The van der Waals surface area contributed by atoms with Gasteiger partial charge in [-0.25, -0.2) is 9.97 Å². The smallest absolute Gasteiger partial charge is 0.220 e. The monoisotopic (exact) mass is 226 g/mol. The second-order valence-corrected chi connectivity index (χ2v) is 4.39. The van der Waals surface area contributed by atoms with Crippen molar-refractivity contribution < 1.29 is 0 Å². The van der Waals surface area contributed by atoms with E-state index >= 15 is 0 Å². The summed E-state index contributed by atoms with van der Waals surface area (Å²) in [6.07, 6.45) is 6.73. The van der Waals surface area contributed by atoms with Crippen LogP contribution in [0.25, 0.3) is 0 Å². The van der Waals surface area contributed by atoms with E-state index in [2.05, 4.69) is 21.0 Å². The minimum absolute atomic E-state index is 0.366. The minimum Gasteiger partial charge on any atom is -0.368 e. The molecule has 0 bridgehead atoms. The predicted molar refractivity (Wildman–Crippen MR) is 65.4 cm³/mol. The summed E-state index contributed by atoms with van der Waals surface area (Å²) >= 11 is 0. The molecule has 1 unspecified atom stereocenters. The maximum atomic E-state index is 5.63. The Labute approximate surface area is 99.9 Å². The largest absolute Gasteiger partial charge is 0.368 e. The third-order valence-electron chi connectivity index (χ3n) is 3.28. The van der Waals surface area contributed by atoms with Gasteiger partial charge in [0.1, 0.15) is 0 Å². The van der Waals surface area contributed by atoms with Gasteiger partial charge in [-0.2, -0.15) is 0 Å². The molecule has 0 aliphatic heterocycles. The van der Waals surface area contributed by atoms with Crippen LogP contribution in [0, 0.1) is 0 Å².